The molecule has 1 aliphatic carbocycles. The van der Waals surface area contributed by atoms with Gasteiger partial charge in [-0.1, -0.05) is 0 Å². The SMILES string of the molecule is Cc1cc(NCCCNC2CC2)nc(C)n1. The van der Waals surface area contributed by atoms with Gasteiger partial charge in [0.2, 0.25) is 0 Å². The third-order valence-corrected chi connectivity index (χ3v) is 2.64. The molecule has 0 radical (unpaired) electrons. The minimum atomic E-state index is 0.809. The van der Waals surface area contributed by atoms with Gasteiger partial charge in [-0.2, -0.15) is 0 Å². The van der Waals surface area contributed by atoms with Gasteiger partial charge in [0.05, 0.1) is 0 Å². The zero-order valence-electron chi connectivity index (χ0n) is 10.1. The van der Waals surface area contributed by atoms with E-state index in [0.717, 1.165) is 42.9 Å². The maximum Gasteiger partial charge on any atom is 0.129 e. The van der Waals surface area contributed by atoms with Crippen LogP contribution in [0.15, 0.2) is 6.07 Å². The molecule has 1 aromatic rings. The Morgan fingerprint density at radius 1 is 1.25 bits per heavy atom. The van der Waals surface area contributed by atoms with Crippen molar-refractivity contribution < 1.29 is 0 Å². The highest BCUT2D eigenvalue weighted by Crippen LogP contribution is 2.18. The summed E-state index contributed by atoms with van der Waals surface area (Å²) in [7, 11) is 0. The van der Waals surface area contributed by atoms with Gasteiger partial charge in [0.15, 0.2) is 0 Å². The molecule has 1 saturated carbocycles. The monoisotopic (exact) mass is 220 g/mol. The molecule has 4 nitrogen and oxygen atoms in total. The van der Waals surface area contributed by atoms with Crippen LogP contribution in [-0.2, 0) is 0 Å². The molecule has 0 unspecified atom stereocenters. The number of anilines is 1. The van der Waals surface area contributed by atoms with Crippen molar-refractivity contribution >= 4 is 5.82 Å². The number of aryl methyl sites for hydroxylation is 2. The lowest BCUT2D eigenvalue weighted by atomic mass is 10.3. The molecule has 16 heavy (non-hydrogen) atoms. The largest absolute Gasteiger partial charge is 0.370 e. The van der Waals surface area contributed by atoms with Crippen LogP contribution in [0.4, 0.5) is 5.82 Å². The smallest absolute Gasteiger partial charge is 0.129 e. The van der Waals surface area contributed by atoms with Crippen LogP contribution in [0, 0.1) is 13.8 Å². The van der Waals surface area contributed by atoms with E-state index in [1.54, 1.807) is 0 Å². The van der Waals surface area contributed by atoms with Gasteiger partial charge in [-0.15, -0.1) is 0 Å². The second kappa shape index (κ2) is 5.25. The summed E-state index contributed by atoms with van der Waals surface area (Å²) in [6, 6.07) is 2.80. The summed E-state index contributed by atoms with van der Waals surface area (Å²) in [5, 5.41) is 6.82. The topological polar surface area (TPSA) is 49.8 Å². The predicted molar refractivity (Wildman–Crippen MR) is 65.6 cm³/mol. The van der Waals surface area contributed by atoms with Crippen LogP contribution in [0.1, 0.15) is 30.8 Å². The summed E-state index contributed by atoms with van der Waals surface area (Å²) in [4.78, 5) is 8.58. The highest BCUT2D eigenvalue weighted by Gasteiger charge is 2.19. The third-order valence-electron chi connectivity index (χ3n) is 2.64. The fourth-order valence-electron chi connectivity index (χ4n) is 1.71. The number of nitrogens with one attached hydrogen (secondary N) is 2. The Labute approximate surface area is 96.9 Å². The second-order valence-corrected chi connectivity index (χ2v) is 4.45. The van der Waals surface area contributed by atoms with Gasteiger partial charge in [-0.25, -0.2) is 9.97 Å². The first-order valence-electron chi connectivity index (χ1n) is 6.03. The molecule has 0 bridgehead atoms. The van der Waals surface area contributed by atoms with Gasteiger partial charge in [-0.3, -0.25) is 0 Å². The zero-order chi connectivity index (χ0) is 11.4. The van der Waals surface area contributed by atoms with Crippen LogP contribution in [0.2, 0.25) is 0 Å². The first-order chi connectivity index (χ1) is 7.74. The molecule has 0 atom stereocenters. The van der Waals surface area contributed by atoms with E-state index in [0.29, 0.717) is 0 Å². The molecular weight excluding hydrogens is 200 g/mol. The van der Waals surface area contributed by atoms with Crippen molar-refractivity contribution in [3.05, 3.63) is 17.6 Å². The van der Waals surface area contributed by atoms with Crippen molar-refractivity contribution in [3.63, 3.8) is 0 Å². The van der Waals surface area contributed by atoms with Crippen LogP contribution >= 0.6 is 0 Å². The number of hydrogen-bond acceptors (Lipinski definition) is 4. The van der Waals surface area contributed by atoms with E-state index in [-0.39, 0.29) is 0 Å². The highest BCUT2D eigenvalue weighted by molar-refractivity contribution is 5.35. The highest BCUT2D eigenvalue weighted by atomic mass is 15.0. The van der Waals surface area contributed by atoms with Gasteiger partial charge in [0.1, 0.15) is 11.6 Å². The summed E-state index contributed by atoms with van der Waals surface area (Å²) in [5.74, 6) is 1.77. The predicted octanol–water partition coefficient (Wildman–Crippen LogP) is 1.65. The summed E-state index contributed by atoms with van der Waals surface area (Å²) in [6.45, 7) is 5.98. The van der Waals surface area contributed by atoms with Crippen LogP contribution in [0.25, 0.3) is 0 Å². The minimum Gasteiger partial charge on any atom is -0.370 e. The first kappa shape index (κ1) is 11.3. The van der Waals surface area contributed by atoms with Gasteiger partial charge in [-0.05, 0) is 39.7 Å². The molecule has 1 fully saturated rings. The Hall–Kier alpha value is -1.16. The minimum absolute atomic E-state index is 0.809. The molecule has 0 saturated heterocycles. The van der Waals surface area contributed by atoms with E-state index in [4.69, 9.17) is 0 Å². The summed E-state index contributed by atoms with van der Waals surface area (Å²) in [6.07, 6.45) is 3.86. The van der Waals surface area contributed by atoms with Gasteiger partial charge >= 0.3 is 0 Å². The number of hydrogen-bond donors (Lipinski definition) is 2. The molecule has 1 aliphatic rings. The van der Waals surface area contributed by atoms with Crippen molar-refractivity contribution in [1.29, 1.82) is 0 Å². The van der Waals surface area contributed by atoms with E-state index >= 15 is 0 Å². The maximum absolute atomic E-state index is 4.34. The lowest BCUT2D eigenvalue weighted by molar-refractivity contribution is 0.658. The standard InChI is InChI=1S/C12H20N4/c1-9-8-12(16-10(2)15-9)14-7-3-6-13-11-4-5-11/h8,11,13H,3-7H2,1-2H3,(H,14,15,16). The molecule has 0 aromatic carbocycles. The molecule has 1 aromatic heterocycles. The Balaban J connectivity index is 1.67. The van der Waals surface area contributed by atoms with E-state index in [1.807, 2.05) is 19.9 Å². The van der Waals surface area contributed by atoms with E-state index in [2.05, 4.69) is 20.6 Å². The molecular formula is C12H20N4. The van der Waals surface area contributed by atoms with Crippen molar-refractivity contribution in [1.82, 2.24) is 15.3 Å². The van der Waals surface area contributed by atoms with E-state index < -0.39 is 0 Å². The summed E-state index contributed by atoms with van der Waals surface area (Å²) < 4.78 is 0. The van der Waals surface area contributed by atoms with Crippen LogP contribution < -0.4 is 10.6 Å². The van der Waals surface area contributed by atoms with E-state index in [1.165, 1.54) is 12.8 Å². The fraction of sp³-hybridized carbons (Fsp3) is 0.667. The quantitative estimate of drug-likeness (QED) is 0.716. The first-order valence-corrected chi connectivity index (χ1v) is 6.03. The zero-order valence-corrected chi connectivity index (χ0v) is 10.1. The van der Waals surface area contributed by atoms with Crippen molar-refractivity contribution in [2.24, 2.45) is 0 Å². The molecule has 2 N–H and O–H groups in total. The van der Waals surface area contributed by atoms with Crippen molar-refractivity contribution in [2.45, 2.75) is 39.2 Å². The average Bonchev–Trinajstić information content (AvgIpc) is 2.99. The second-order valence-electron chi connectivity index (χ2n) is 4.45. The Morgan fingerprint density at radius 3 is 2.75 bits per heavy atom. The normalized spacial score (nSPS) is 15.1. The summed E-state index contributed by atoms with van der Waals surface area (Å²) in [5.41, 5.74) is 1.02. The fourth-order valence-corrected chi connectivity index (χ4v) is 1.71. The van der Waals surface area contributed by atoms with Gasteiger partial charge < -0.3 is 10.6 Å². The third kappa shape index (κ3) is 3.77. The van der Waals surface area contributed by atoms with Gasteiger partial charge in [0, 0.05) is 24.3 Å². The number of rotatable bonds is 6. The van der Waals surface area contributed by atoms with Crippen molar-refractivity contribution in [3.8, 4) is 0 Å². The van der Waals surface area contributed by atoms with E-state index in [9.17, 15) is 0 Å². The molecule has 4 heteroatoms. The van der Waals surface area contributed by atoms with Crippen LogP contribution in [0.5, 0.6) is 0 Å². The Morgan fingerprint density at radius 2 is 2.06 bits per heavy atom. The molecule has 88 valence electrons. The van der Waals surface area contributed by atoms with Gasteiger partial charge in [0.25, 0.3) is 0 Å². The lowest BCUT2D eigenvalue weighted by Gasteiger charge is -2.07. The molecule has 1 heterocycles. The molecule has 2 rings (SSSR count). The van der Waals surface area contributed by atoms with Crippen LogP contribution in [-0.4, -0.2) is 29.1 Å². The summed E-state index contributed by atoms with van der Waals surface area (Å²) >= 11 is 0. The molecule has 0 aliphatic heterocycles. The molecule has 0 spiro atoms. The number of aromatic nitrogens is 2. The Kier molecular flexibility index (Phi) is 3.72. The maximum atomic E-state index is 4.34. The average molecular weight is 220 g/mol. The Bertz CT molecular complexity index is 327. The molecule has 0 amide bonds. The van der Waals surface area contributed by atoms with Crippen molar-refractivity contribution in [2.75, 3.05) is 18.4 Å². The van der Waals surface area contributed by atoms with Crippen LogP contribution in [0.3, 0.4) is 0 Å². The number of nitrogens with zero attached hydrogens (tertiary/aromatic N) is 2. The lowest BCUT2D eigenvalue weighted by Crippen LogP contribution is -2.20.